The number of carbonyl (C=O) groups is 2. The second-order valence-corrected chi connectivity index (χ2v) is 14.3. The Morgan fingerprint density at radius 1 is 1.08 bits per heavy atom. The van der Waals surface area contributed by atoms with E-state index >= 15 is 0 Å². The Bertz CT molecular complexity index is 1410. The second-order valence-electron chi connectivity index (χ2n) is 10.3. The largest absolute Gasteiger partial charge is 0.369 e. The van der Waals surface area contributed by atoms with Crippen molar-refractivity contribution in [2.45, 2.75) is 39.0 Å². The minimum absolute atomic E-state index is 0.167. The number of halogens is 1. The summed E-state index contributed by atoms with van der Waals surface area (Å²) in [5.74, 6) is -0.354. The number of anilines is 2. The van der Waals surface area contributed by atoms with Crippen LogP contribution in [0, 0.1) is 0 Å². The first-order valence-corrected chi connectivity index (χ1v) is 15.8. The van der Waals surface area contributed by atoms with Gasteiger partial charge in [-0.25, -0.2) is 4.98 Å². The second kappa shape index (κ2) is 11.5. The maximum atomic E-state index is 14.1. The average Bonchev–Trinajstić information content (AvgIpc) is 2.93. The first-order chi connectivity index (χ1) is 18.6. The minimum atomic E-state index is -2.37. The molecule has 7 nitrogen and oxygen atoms in total. The highest BCUT2D eigenvalue weighted by Gasteiger charge is 2.52. The molecule has 1 aromatic heterocycles. The smallest absolute Gasteiger partial charge is 0.253 e. The molecule has 0 radical (unpaired) electrons. The molecule has 3 aromatic rings. The number of hydrogen-bond donors (Lipinski definition) is 2. The lowest BCUT2D eigenvalue weighted by molar-refractivity contribution is -0.122. The Hall–Kier alpha value is -3.15. The van der Waals surface area contributed by atoms with Crippen LogP contribution in [0.3, 0.4) is 0 Å². The maximum absolute atomic E-state index is 14.1. The van der Waals surface area contributed by atoms with Crippen molar-refractivity contribution in [1.29, 1.82) is 0 Å². The van der Waals surface area contributed by atoms with Crippen molar-refractivity contribution in [2.75, 3.05) is 42.7 Å². The number of nitrogens with zero attached hydrogens (tertiary/aromatic N) is 2. The third-order valence-corrected chi connectivity index (χ3v) is 11.2. The molecule has 0 saturated carbocycles. The zero-order chi connectivity index (χ0) is 28.4. The summed E-state index contributed by atoms with van der Waals surface area (Å²) in [4.78, 5) is 32.9. The monoisotopic (exact) mass is 566 g/mol. The van der Waals surface area contributed by atoms with Crippen LogP contribution in [-0.4, -0.2) is 49.3 Å². The van der Waals surface area contributed by atoms with Crippen molar-refractivity contribution in [3.05, 3.63) is 82.6 Å². The molecule has 4 rings (SSSR count). The first kappa shape index (κ1) is 28.8. The van der Waals surface area contributed by atoms with Crippen molar-refractivity contribution in [3.8, 4) is 0 Å². The van der Waals surface area contributed by atoms with Crippen LogP contribution in [0.4, 0.5) is 11.4 Å². The fraction of sp³-hybridized carbons (Fsp3) is 0.367. The molecule has 0 aliphatic carbocycles. The van der Waals surface area contributed by atoms with Gasteiger partial charge in [0.15, 0.2) is 0 Å². The average molecular weight is 567 g/mol. The lowest BCUT2D eigenvalue weighted by Gasteiger charge is -2.51. The first-order valence-electron chi connectivity index (χ1n) is 13.3. The van der Waals surface area contributed by atoms with E-state index in [4.69, 9.17) is 11.6 Å². The molecule has 1 aliphatic heterocycles. The summed E-state index contributed by atoms with van der Waals surface area (Å²) in [6.07, 6.45) is 2.70. The van der Waals surface area contributed by atoms with E-state index in [0.29, 0.717) is 31.1 Å². The fourth-order valence-corrected chi connectivity index (χ4v) is 7.31. The number of amides is 2. The van der Waals surface area contributed by atoms with E-state index in [1.165, 1.54) is 19.3 Å². The molecule has 1 aliphatic rings. The van der Waals surface area contributed by atoms with Crippen LogP contribution in [0.15, 0.2) is 60.8 Å². The summed E-state index contributed by atoms with van der Waals surface area (Å²) in [5, 5.41) is 6.64. The van der Waals surface area contributed by atoms with Crippen molar-refractivity contribution in [2.24, 2.45) is 0 Å². The molecule has 9 heteroatoms. The van der Waals surface area contributed by atoms with Gasteiger partial charge >= 0.3 is 0 Å². The van der Waals surface area contributed by atoms with E-state index in [-0.39, 0.29) is 28.4 Å². The molecule has 2 N–H and O–H groups in total. The molecule has 1 saturated heterocycles. The number of pyridine rings is 1. The Balaban J connectivity index is 1.70. The Kier molecular flexibility index (Phi) is 8.53. The van der Waals surface area contributed by atoms with E-state index in [0.717, 1.165) is 22.1 Å². The van der Waals surface area contributed by atoms with Crippen LogP contribution in [0.25, 0.3) is 0 Å². The molecule has 2 aromatic carbocycles. The van der Waals surface area contributed by atoms with Crippen molar-refractivity contribution < 1.29 is 14.2 Å². The van der Waals surface area contributed by atoms with Crippen molar-refractivity contribution in [3.63, 3.8) is 0 Å². The van der Waals surface area contributed by atoms with Crippen LogP contribution in [0.2, 0.25) is 5.15 Å². The molecule has 1 fully saturated rings. The van der Waals surface area contributed by atoms with Crippen molar-refractivity contribution in [1.82, 2.24) is 10.3 Å². The zero-order valence-corrected chi connectivity index (χ0v) is 24.8. The van der Waals surface area contributed by atoms with Gasteiger partial charge in [-0.05, 0) is 47.4 Å². The fourth-order valence-electron chi connectivity index (χ4n) is 5.28. The Morgan fingerprint density at radius 2 is 1.72 bits per heavy atom. The van der Waals surface area contributed by atoms with Gasteiger partial charge in [-0.2, -0.15) is 0 Å². The van der Waals surface area contributed by atoms with Gasteiger partial charge in [0, 0.05) is 43.5 Å². The van der Waals surface area contributed by atoms with E-state index in [9.17, 15) is 14.2 Å². The van der Waals surface area contributed by atoms with Gasteiger partial charge in [-0.3, -0.25) is 9.59 Å². The van der Waals surface area contributed by atoms with E-state index in [1.807, 2.05) is 56.3 Å². The summed E-state index contributed by atoms with van der Waals surface area (Å²) in [6.45, 7) is 9.09. The normalized spacial score (nSPS) is 14.6. The van der Waals surface area contributed by atoms with Gasteiger partial charge in [-0.15, -0.1) is 0 Å². The zero-order valence-electron chi connectivity index (χ0n) is 23.1. The van der Waals surface area contributed by atoms with Gasteiger partial charge in [0.25, 0.3) is 5.91 Å². The lowest BCUT2D eigenvalue weighted by atomic mass is 9.69. The van der Waals surface area contributed by atoms with Gasteiger partial charge in [-0.1, -0.05) is 63.6 Å². The number of benzene rings is 2. The predicted molar refractivity (Wildman–Crippen MR) is 160 cm³/mol. The number of rotatable bonds is 9. The topological polar surface area (TPSA) is 91.4 Å². The molecule has 0 unspecified atom stereocenters. The summed E-state index contributed by atoms with van der Waals surface area (Å²) in [5.41, 5.74) is 2.76. The molecule has 2 heterocycles. The lowest BCUT2D eigenvalue weighted by Crippen LogP contribution is -2.65. The minimum Gasteiger partial charge on any atom is -0.369 e. The molecular formula is C30H36ClN4O3P. The van der Waals surface area contributed by atoms with Crippen molar-refractivity contribution >= 4 is 47.2 Å². The summed E-state index contributed by atoms with van der Waals surface area (Å²) < 4.78 is 13.2. The molecule has 2 amide bonds. The Labute approximate surface area is 235 Å². The summed E-state index contributed by atoms with van der Waals surface area (Å²) >= 11 is 6.05. The number of carbonyl (C=O) groups excluding carboxylic acids is 2. The van der Waals surface area contributed by atoms with Gasteiger partial charge in [0.1, 0.15) is 17.7 Å². The highest BCUT2D eigenvalue weighted by atomic mass is 35.5. The van der Waals surface area contributed by atoms with E-state index in [2.05, 4.69) is 40.4 Å². The third-order valence-electron chi connectivity index (χ3n) is 7.75. The quantitative estimate of drug-likeness (QED) is 0.258. The summed E-state index contributed by atoms with van der Waals surface area (Å²) in [7, 11) is -0.844. The Morgan fingerprint density at radius 3 is 2.31 bits per heavy atom. The number of nitrogens with one attached hydrogen (secondary N) is 2. The van der Waals surface area contributed by atoms with Gasteiger partial charge in [0.2, 0.25) is 5.91 Å². The maximum Gasteiger partial charge on any atom is 0.253 e. The van der Waals surface area contributed by atoms with E-state index < -0.39 is 12.6 Å². The van der Waals surface area contributed by atoms with Gasteiger partial charge in [0.05, 0.1) is 17.4 Å². The summed E-state index contributed by atoms with van der Waals surface area (Å²) in [6, 6.07) is 17.4. The highest BCUT2D eigenvalue weighted by Crippen LogP contribution is 2.45. The SMILES string of the molecule is CCP(=O)(CC)c1ccc(N2CC(C(=O)Nc3cnc(Cl)cc3C(=O)NC)(c3ccccc3C(C)C)C2)cc1. The van der Waals surface area contributed by atoms with E-state index in [1.54, 1.807) is 0 Å². The predicted octanol–water partition coefficient (Wildman–Crippen LogP) is 5.64. The van der Waals surface area contributed by atoms with Crippen LogP contribution >= 0.6 is 18.7 Å². The molecule has 0 bridgehead atoms. The number of hydrogen-bond acceptors (Lipinski definition) is 5. The molecule has 39 heavy (non-hydrogen) atoms. The van der Waals surface area contributed by atoms with Crippen LogP contribution < -0.4 is 20.8 Å². The van der Waals surface area contributed by atoms with Gasteiger partial charge < -0.3 is 20.1 Å². The standard InChI is InChI=1S/C30H36ClN4O3P/c1-6-39(38,7-2)22-14-12-21(13-15-22)35-18-30(19-35,25-11-9-8-10-23(25)20(3)4)29(37)34-26-17-33-27(31)16-24(26)28(36)32-5/h8-17,20H,6-7,18-19H2,1-5H3,(H,32,36)(H,34,37). The van der Waals surface area contributed by atoms with Crippen LogP contribution in [0.1, 0.15) is 55.1 Å². The third kappa shape index (κ3) is 5.48. The molecular weight excluding hydrogens is 531 g/mol. The highest BCUT2D eigenvalue weighted by molar-refractivity contribution is 7.71. The molecule has 0 spiro atoms. The van der Waals surface area contributed by atoms with Crippen LogP contribution in [-0.2, 0) is 14.8 Å². The molecule has 0 atom stereocenters. The number of aromatic nitrogens is 1. The van der Waals surface area contributed by atoms with Crippen LogP contribution in [0.5, 0.6) is 0 Å². The molecule has 206 valence electrons.